The van der Waals surface area contributed by atoms with Crippen LogP contribution in [0.4, 0.5) is 0 Å². The maximum absolute atomic E-state index is 4.55. The van der Waals surface area contributed by atoms with Crippen LogP contribution in [-0.2, 0) is 0 Å². The molecule has 0 radical (unpaired) electrons. The molecule has 1 aliphatic rings. The minimum atomic E-state index is 0.415. The molecule has 1 aromatic heterocycles. The van der Waals surface area contributed by atoms with Gasteiger partial charge in [0.25, 0.3) is 0 Å². The van der Waals surface area contributed by atoms with Gasteiger partial charge in [-0.1, -0.05) is 37.3 Å². The van der Waals surface area contributed by atoms with Crippen molar-refractivity contribution < 1.29 is 0 Å². The fourth-order valence-corrected chi connectivity index (χ4v) is 2.41. The van der Waals surface area contributed by atoms with Crippen molar-refractivity contribution in [3.8, 4) is 11.1 Å². The number of rotatable bonds is 6. The van der Waals surface area contributed by atoms with Gasteiger partial charge in [-0.25, -0.2) is 0 Å². The minimum absolute atomic E-state index is 0.415. The van der Waals surface area contributed by atoms with Crippen molar-refractivity contribution in [2.75, 3.05) is 6.54 Å². The zero-order valence-corrected chi connectivity index (χ0v) is 12.3. The molecule has 1 heterocycles. The first-order valence-corrected chi connectivity index (χ1v) is 7.57. The zero-order chi connectivity index (χ0) is 13.9. The molecule has 3 nitrogen and oxygen atoms in total. The normalized spacial score (nSPS) is 17.9. The van der Waals surface area contributed by atoms with Crippen molar-refractivity contribution in [3.63, 3.8) is 0 Å². The van der Waals surface area contributed by atoms with Crippen LogP contribution < -0.4 is 5.32 Å². The molecule has 2 aromatic rings. The van der Waals surface area contributed by atoms with Crippen LogP contribution in [0.15, 0.2) is 42.7 Å². The molecule has 0 amide bonds. The molecule has 2 atom stereocenters. The van der Waals surface area contributed by atoms with Crippen molar-refractivity contribution in [1.29, 1.82) is 0 Å². The standard InChI is InChI=1S/C17H23N3/c1-13(10-18-17-8-9-17)14(2)20-12-16(11-19-20)15-6-4-3-5-7-15/h3-7,11-14,17-18H,8-10H2,1-2H3. The molecule has 0 saturated heterocycles. The van der Waals surface area contributed by atoms with Crippen LogP contribution in [0.3, 0.4) is 0 Å². The van der Waals surface area contributed by atoms with Crippen molar-refractivity contribution >= 4 is 0 Å². The third-order valence-electron chi connectivity index (χ3n) is 4.26. The Morgan fingerprint density at radius 3 is 2.65 bits per heavy atom. The Bertz CT molecular complexity index is 542. The lowest BCUT2D eigenvalue weighted by Crippen LogP contribution is -2.28. The molecule has 0 bridgehead atoms. The average molecular weight is 269 g/mol. The smallest absolute Gasteiger partial charge is 0.0568 e. The molecule has 1 fully saturated rings. The molecule has 106 valence electrons. The summed E-state index contributed by atoms with van der Waals surface area (Å²) in [5, 5.41) is 8.15. The number of hydrogen-bond donors (Lipinski definition) is 1. The Kier molecular flexibility index (Phi) is 3.88. The Balaban J connectivity index is 1.65. The first-order chi connectivity index (χ1) is 9.74. The van der Waals surface area contributed by atoms with Crippen LogP contribution in [0.1, 0.15) is 32.7 Å². The fraction of sp³-hybridized carbons (Fsp3) is 0.471. The maximum atomic E-state index is 4.55. The molecule has 1 aliphatic carbocycles. The summed E-state index contributed by atoms with van der Waals surface area (Å²) in [7, 11) is 0. The van der Waals surface area contributed by atoms with Gasteiger partial charge in [-0.3, -0.25) is 4.68 Å². The second-order valence-corrected chi connectivity index (χ2v) is 5.98. The molecule has 0 aliphatic heterocycles. The zero-order valence-electron chi connectivity index (χ0n) is 12.3. The summed E-state index contributed by atoms with van der Waals surface area (Å²) in [5.74, 6) is 0.583. The number of hydrogen-bond acceptors (Lipinski definition) is 2. The Hall–Kier alpha value is -1.61. The summed E-state index contributed by atoms with van der Waals surface area (Å²) in [6.45, 7) is 5.62. The van der Waals surface area contributed by atoms with E-state index in [4.69, 9.17) is 0 Å². The molecule has 1 saturated carbocycles. The highest BCUT2D eigenvalue weighted by molar-refractivity contribution is 5.61. The highest BCUT2D eigenvalue weighted by Crippen LogP contribution is 2.24. The van der Waals surface area contributed by atoms with Crippen LogP contribution in [0.2, 0.25) is 0 Å². The monoisotopic (exact) mass is 269 g/mol. The minimum Gasteiger partial charge on any atom is -0.314 e. The Morgan fingerprint density at radius 2 is 1.95 bits per heavy atom. The highest BCUT2D eigenvalue weighted by Gasteiger charge is 2.23. The van der Waals surface area contributed by atoms with Crippen molar-refractivity contribution in [3.05, 3.63) is 42.7 Å². The fourth-order valence-electron chi connectivity index (χ4n) is 2.41. The van der Waals surface area contributed by atoms with Gasteiger partial charge in [0, 0.05) is 17.8 Å². The van der Waals surface area contributed by atoms with Gasteiger partial charge in [-0.15, -0.1) is 0 Å². The number of nitrogens with one attached hydrogen (secondary N) is 1. The number of benzene rings is 1. The Morgan fingerprint density at radius 1 is 1.20 bits per heavy atom. The number of nitrogens with zero attached hydrogens (tertiary/aromatic N) is 2. The third kappa shape index (κ3) is 3.10. The van der Waals surface area contributed by atoms with Gasteiger partial charge in [-0.2, -0.15) is 5.10 Å². The summed E-state index contributed by atoms with van der Waals surface area (Å²) in [6.07, 6.45) is 6.82. The third-order valence-corrected chi connectivity index (χ3v) is 4.26. The lowest BCUT2D eigenvalue weighted by atomic mass is 10.0. The van der Waals surface area contributed by atoms with Crippen LogP contribution in [0, 0.1) is 5.92 Å². The molecular weight excluding hydrogens is 246 g/mol. The second-order valence-electron chi connectivity index (χ2n) is 5.98. The van der Waals surface area contributed by atoms with E-state index in [9.17, 15) is 0 Å². The highest BCUT2D eigenvalue weighted by atomic mass is 15.3. The first-order valence-electron chi connectivity index (χ1n) is 7.57. The topological polar surface area (TPSA) is 29.9 Å². The van der Waals surface area contributed by atoms with E-state index in [1.807, 2.05) is 12.3 Å². The van der Waals surface area contributed by atoms with Crippen LogP contribution in [0.5, 0.6) is 0 Å². The molecule has 3 rings (SSSR count). The van der Waals surface area contributed by atoms with Gasteiger partial charge >= 0.3 is 0 Å². The predicted octanol–water partition coefficient (Wildman–Crippen LogP) is 3.50. The lowest BCUT2D eigenvalue weighted by Gasteiger charge is -2.20. The van der Waals surface area contributed by atoms with E-state index in [-0.39, 0.29) is 0 Å². The largest absolute Gasteiger partial charge is 0.314 e. The van der Waals surface area contributed by atoms with Crippen LogP contribution in [-0.4, -0.2) is 22.4 Å². The molecule has 2 unspecified atom stereocenters. The lowest BCUT2D eigenvalue weighted by molar-refractivity contribution is 0.336. The molecule has 20 heavy (non-hydrogen) atoms. The van der Waals surface area contributed by atoms with Crippen LogP contribution >= 0.6 is 0 Å². The van der Waals surface area contributed by atoms with Gasteiger partial charge in [0.15, 0.2) is 0 Å². The summed E-state index contributed by atoms with van der Waals surface area (Å²) in [4.78, 5) is 0. The van der Waals surface area contributed by atoms with Gasteiger partial charge in [0.1, 0.15) is 0 Å². The quantitative estimate of drug-likeness (QED) is 0.870. The predicted molar refractivity (Wildman–Crippen MR) is 82.6 cm³/mol. The summed E-state index contributed by atoms with van der Waals surface area (Å²) in [6, 6.07) is 11.6. The van der Waals surface area contributed by atoms with E-state index in [1.54, 1.807) is 0 Å². The number of aromatic nitrogens is 2. The first kappa shape index (κ1) is 13.4. The van der Waals surface area contributed by atoms with E-state index < -0.39 is 0 Å². The molecular formula is C17H23N3. The summed E-state index contributed by atoms with van der Waals surface area (Å²) < 4.78 is 2.10. The Labute approximate surface area is 121 Å². The molecule has 0 spiro atoms. The summed E-state index contributed by atoms with van der Waals surface area (Å²) >= 11 is 0. The van der Waals surface area contributed by atoms with Crippen molar-refractivity contribution in [2.24, 2.45) is 5.92 Å². The van der Waals surface area contributed by atoms with Gasteiger partial charge < -0.3 is 5.32 Å². The SMILES string of the molecule is CC(CNC1CC1)C(C)n1cc(-c2ccccc2)cn1. The average Bonchev–Trinajstić information content (AvgIpc) is 3.19. The van der Waals surface area contributed by atoms with E-state index >= 15 is 0 Å². The van der Waals surface area contributed by atoms with Gasteiger partial charge in [-0.05, 0) is 37.8 Å². The van der Waals surface area contributed by atoms with Gasteiger partial charge in [0.05, 0.1) is 12.2 Å². The summed E-state index contributed by atoms with van der Waals surface area (Å²) in [5.41, 5.74) is 2.43. The van der Waals surface area contributed by atoms with E-state index in [0.717, 1.165) is 12.6 Å². The van der Waals surface area contributed by atoms with E-state index in [0.29, 0.717) is 12.0 Å². The molecule has 3 heteroatoms. The van der Waals surface area contributed by atoms with Crippen molar-refractivity contribution in [2.45, 2.75) is 38.8 Å². The van der Waals surface area contributed by atoms with Gasteiger partial charge in [0.2, 0.25) is 0 Å². The van der Waals surface area contributed by atoms with Crippen LogP contribution in [0.25, 0.3) is 11.1 Å². The second kappa shape index (κ2) is 5.80. The van der Waals surface area contributed by atoms with Crippen molar-refractivity contribution in [1.82, 2.24) is 15.1 Å². The maximum Gasteiger partial charge on any atom is 0.0568 e. The molecule has 1 N–H and O–H groups in total. The van der Waals surface area contributed by atoms with E-state index in [2.05, 4.69) is 59.4 Å². The molecule has 1 aromatic carbocycles. The van der Waals surface area contributed by atoms with E-state index in [1.165, 1.54) is 24.0 Å².